The summed E-state index contributed by atoms with van der Waals surface area (Å²) >= 11 is 0. The lowest BCUT2D eigenvalue weighted by Gasteiger charge is -2.33. The van der Waals surface area contributed by atoms with Gasteiger partial charge < -0.3 is 35.2 Å². The lowest BCUT2D eigenvalue weighted by Crippen LogP contribution is -2.47. The first-order chi connectivity index (χ1) is 22.9. The highest BCUT2D eigenvalue weighted by atomic mass is 19.4. The summed E-state index contributed by atoms with van der Waals surface area (Å²) in [5.41, 5.74) is 2.70. The van der Waals surface area contributed by atoms with Crippen molar-refractivity contribution >= 4 is 28.4 Å². The number of carbonyl (C=O) groups excluding carboxylic acids is 2. The monoisotopic (exact) mass is 666 g/mol. The number of carbonyl (C=O) groups is 2. The quantitative estimate of drug-likeness (QED) is 0.285. The molecule has 0 atom stereocenters. The van der Waals surface area contributed by atoms with Gasteiger partial charge in [-0.25, -0.2) is 4.98 Å². The molecule has 13 heteroatoms. The zero-order valence-electron chi connectivity index (χ0n) is 27.9. The molecule has 2 aliphatic heterocycles. The Morgan fingerprint density at radius 2 is 1.73 bits per heavy atom. The number of rotatable bonds is 10. The molecule has 48 heavy (non-hydrogen) atoms. The number of benzene rings is 1. The molecule has 0 unspecified atom stereocenters. The third-order valence-corrected chi connectivity index (χ3v) is 8.84. The minimum atomic E-state index is -4.41. The molecule has 5 rings (SSSR count). The number of hydrogen-bond donors (Lipinski definition) is 3. The summed E-state index contributed by atoms with van der Waals surface area (Å²) in [6.07, 6.45) is 0.661. The highest BCUT2D eigenvalue weighted by Crippen LogP contribution is 2.26. The molecule has 10 nitrogen and oxygen atoms in total. The van der Waals surface area contributed by atoms with Crippen molar-refractivity contribution in [1.29, 1.82) is 0 Å². The van der Waals surface area contributed by atoms with E-state index in [9.17, 15) is 22.8 Å². The number of halogens is 3. The molecule has 258 valence electrons. The molecule has 0 saturated carbocycles. The third-order valence-electron chi connectivity index (χ3n) is 8.84. The van der Waals surface area contributed by atoms with E-state index in [2.05, 4.69) is 44.7 Å². The second kappa shape index (κ2) is 15.9. The second-order valence-electron chi connectivity index (χ2n) is 13.0. The number of piperidine rings is 2. The number of likely N-dealkylation sites (tertiary alicyclic amines) is 2. The van der Waals surface area contributed by atoms with Crippen LogP contribution in [0.1, 0.15) is 47.4 Å². The SMILES string of the molecule is CN(C)CC(=O)N1CCC(NCc2ccc3c(c2)cc(C#CCNc2ccc(C(=O)NC4CCN(C)CC4)nc2)n3CC(F)(F)F)CC1. The lowest BCUT2D eigenvalue weighted by molar-refractivity contribution is -0.140. The van der Waals surface area contributed by atoms with Gasteiger partial charge in [-0.2, -0.15) is 13.2 Å². The average molecular weight is 667 g/mol. The van der Waals surface area contributed by atoms with Gasteiger partial charge in [0.05, 0.1) is 30.7 Å². The van der Waals surface area contributed by atoms with Gasteiger partial charge in [-0.05, 0) is 102 Å². The van der Waals surface area contributed by atoms with Crippen molar-refractivity contribution in [3.63, 3.8) is 0 Å². The predicted octanol–water partition coefficient (Wildman–Crippen LogP) is 3.53. The smallest absolute Gasteiger partial charge is 0.373 e. The number of nitrogens with one attached hydrogen (secondary N) is 3. The van der Waals surface area contributed by atoms with Crippen LogP contribution in [0.3, 0.4) is 0 Å². The minimum Gasteiger partial charge on any atom is -0.373 e. The number of pyridine rings is 1. The Labute approximate surface area is 280 Å². The summed E-state index contributed by atoms with van der Waals surface area (Å²) < 4.78 is 41.9. The predicted molar refractivity (Wildman–Crippen MR) is 181 cm³/mol. The molecular formula is C35H45F3N8O2. The lowest BCUT2D eigenvalue weighted by atomic mass is 10.0. The van der Waals surface area contributed by atoms with E-state index in [0.29, 0.717) is 48.5 Å². The van der Waals surface area contributed by atoms with Crippen molar-refractivity contribution in [3.8, 4) is 11.8 Å². The van der Waals surface area contributed by atoms with Crippen molar-refractivity contribution < 1.29 is 22.8 Å². The van der Waals surface area contributed by atoms with Crippen LogP contribution < -0.4 is 16.0 Å². The fourth-order valence-corrected chi connectivity index (χ4v) is 6.18. The van der Waals surface area contributed by atoms with Gasteiger partial charge in [0.2, 0.25) is 5.91 Å². The molecule has 2 fully saturated rings. The molecule has 0 aliphatic carbocycles. The molecule has 2 aromatic heterocycles. The van der Waals surface area contributed by atoms with Gasteiger partial charge in [-0.1, -0.05) is 12.0 Å². The van der Waals surface area contributed by atoms with Crippen molar-refractivity contribution in [2.75, 3.05) is 65.7 Å². The Morgan fingerprint density at radius 3 is 2.40 bits per heavy atom. The van der Waals surface area contributed by atoms with Crippen LogP contribution in [-0.2, 0) is 17.9 Å². The minimum absolute atomic E-state index is 0.136. The van der Waals surface area contributed by atoms with Crippen LogP contribution in [0.5, 0.6) is 0 Å². The number of aromatic nitrogens is 2. The molecule has 3 aromatic rings. The van der Waals surface area contributed by atoms with E-state index in [0.717, 1.165) is 44.3 Å². The van der Waals surface area contributed by atoms with Crippen molar-refractivity contribution in [2.45, 2.75) is 57.0 Å². The maximum Gasteiger partial charge on any atom is 0.406 e. The summed E-state index contributed by atoms with van der Waals surface area (Å²) in [4.78, 5) is 35.2. The first-order valence-electron chi connectivity index (χ1n) is 16.5. The molecular weight excluding hydrogens is 621 g/mol. The van der Waals surface area contributed by atoms with Gasteiger partial charge in [0.1, 0.15) is 12.2 Å². The maximum atomic E-state index is 13.6. The van der Waals surface area contributed by atoms with Gasteiger partial charge in [0.25, 0.3) is 5.91 Å². The molecule has 2 saturated heterocycles. The van der Waals surface area contributed by atoms with Gasteiger partial charge in [-0.15, -0.1) is 0 Å². The number of anilines is 1. The maximum absolute atomic E-state index is 13.6. The number of hydrogen-bond acceptors (Lipinski definition) is 7. The fourth-order valence-electron chi connectivity index (χ4n) is 6.18. The highest BCUT2D eigenvalue weighted by Gasteiger charge is 2.30. The van der Waals surface area contributed by atoms with Crippen LogP contribution >= 0.6 is 0 Å². The van der Waals surface area contributed by atoms with Crippen molar-refractivity contribution in [1.82, 2.24) is 34.9 Å². The van der Waals surface area contributed by atoms with Crippen LogP contribution in [0.4, 0.5) is 18.9 Å². The highest BCUT2D eigenvalue weighted by molar-refractivity contribution is 5.92. The Bertz CT molecular complexity index is 1610. The molecule has 4 heterocycles. The summed E-state index contributed by atoms with van der Waals surface area (Å²) in [6, 6.07) is 11.0. The zero-order chi connectivity index (χ0) is 34.3. The van der Waals surface area contributed by atoms with E-state index in [1.807, 2.05) is 36.0 Å². The van der Waals surface area contributed by atoms with Gasteiger partial charge in [0, 0.05) is 42.6 Å². The number of alkyl halides is 3. The Hall–Kier alpha value is -4.12. The van der Waals surface area contributed by atoms with Crippen LogP contribution in [0.15, 0.2) is 42.6 Å². The van der Waals surface area contributed by atoms with E-state index in [1.165, 1.54) is 4.57 Å². The van der Waals surface area contributed by atoms with Crippen molar-refractivity contribution in [3.05, 3.63) is 59.5 Å². The number of fused-ring (bicyclic) bond motifs is 1. The van der Waals surface area contributed by atoms with E-state index in [1.54, 1.807) is 30.5 Å². The second-order valence-corrected chi connectivity index (χ2v) is 13.0. The molecule has 3 N–H and O–H groups in total. The summed E-state index contributed by atoms with van der Waals surface area (Å²) in [5, 5.41) is 10.4. The van der Waals surface area contributed by atoms with E-state index in [4.69, 9.17) is 0 Å². The number of likely N-dealkylation sites (N-methyl/N-ethyl adjacent to an activating group) is 1. The summed E-state index contributed by atoms with van der Waals surface area (Å²) in [7, 11) is 5.83. The largest absolute Gasteiger partial charge is 0.406 e. The Balaban J connectivity index is 1.17. The van der Waals surface area contributed by atoms with E-state index in [-0.39, 0.29) is 36.1 Å². The average Bonchev–Trinajstić information content (AvgIpc) is 3.38. The van der Waals surface area contributed by atoms with Crippen LogP contribution in [0.2, 0.25) is 0 Å². The van der Waals surface area contributed by atoms with E-state index < -0.39 is 12.7 Å². The third kappa shape index (κ3) is 9.95. The van der Waals surface area contributed by atoms with Gasteiger partial charge in [-0.3, -0.25) is 9.59 Å². The Morgan fingerprint density at radius 1 is 1.00 bits per heavy atom. The van der Waals surface area contributed by atoms with Crippen LogP contribution in [0.25, 0.3) is 10.9 Å². The molecule has 2 aliphatic rings. The van der Waals surface area contributed by atoms with Gasteiger partial charge in [0.15, 0.2) is 0 Å². The summed E-state index contributed by atoms with van der Waals surface area (Å²) in [5.74, 6) is 5.78. The summed E-state index contributed by atoms with van der Waals surface area (Å²) in [6.45, 7) is 3.33. The first kappa shape index (κ1) is 35.2. The molecule has 0 radical (unpaired) electrons. The van der Waals surface area contributed by atoms with Crippen molar-refractivity contribution in [2.24, 2.45) is 0 Å². The van der Waals surface area contributed by atoms with Gasteiger partial charge >= 0.3 is 6.18 Å². The Kier molecular flexibility index (Phi) is 11.6. The fraction of sp³-hybridized carbons (Fsp3) is 0.514. The molecule has 0 spiro atoms. The van der Waals surface area contributed by atoms with Crippen LogP contribution in [-0.4, -0.2) is 115 Å². The topological polar surface area (TPSA) is 97.8 Å². The molecule has 1 aromatic carbocycles. The zero-order valence-corrected chi connectivity index (χ0v) is 27.9. The first-order valence-corrected chi connectivity index (χ1v) is 16.5. The number of amides is 2. The molecule has 0 bridgehead atoms. The van der Waals surface area contributed by atoms with E-state index >= 15 is 0 Å². The standard InChI is InChI=1S/C35H45F3N8O2/c1-43(2)23-33(47)45-17-12-27(13-18-45)40-21-25-6-9-32-26(19-25)20-30(46(32)24-35(36,37)38)5-4-14-39-29-7-8-31(41-22-29)34(48)42-28-10-15-44(3)16-11-28/h6-9,19-20,22,27-28,39-40H,10-18,21,23-24H2,1-3H3,(H,42,48). The molecule has 2 amide bonds. The normalized spacial score (nSPS) is 16.6. The number of nitrogens with zero attached hydrogens (tertiary/aromatic N) is 5. The van der Waals surface area contributed by atoms with Crippen LogP contribution in [0, 0.1) is 11.8 Å².